The van der Waals surface area contributed by atoms with Crippen LogP contribution in [0.4, 0.5) is 14.6 Å². The Bertz CT molecular complexity index is 1770. The minimum Gasteiger partial charge on any atom is -0.453 e. The molecule has 3 N–H and O–H groups in total. The number of methoxy groups -OCH3 is 1. The molecule has 1 atom stereocenters. The molecule has 0 aliphatic heterocycles. The number of anilines is 1. The third-order valence-electron chi connectivity index (χ3n) is 6.41. The summed E-state index contributed by atoms with van der Waals surface area (Å²) in [6.45, 7) is 0.260. The Balaban J connectivity index is 1.35. The molecule has 3 aromatic heterocycles. The molecule has 1 unspecified atom stereocenters. The van der Waals surface area contributed by atoms with E-state index in [0.717, 1.165) is 10.7 Å². The Morgan fingerprint density at radius 1 is 1.10 bits per heavy atom. The number of aromatic amines is 1. The molecule has 13 heteroatoms. The van der Waals surface area contributed by atoms with Gasteiger partial charge in [-0.2, -0.15) is 14.9 Å². The average molecular weight is 577 g/mol. The molecule has 0 saturated heterocycles. The molecule has 5 aromatic rings. The number of aliphatic hydroxyl groups is 1. The van der Waals surface area contributed by atoms with E-state index < -0.39 is 23.0 Å². The Morgan fingerprint density at radius 2 is 1.90 bits per heavy atom. The van der Waals surface area contributed by atoms with Gasteiger partial charge in [-0.15, -0.1) is 0 Å². The zero-order valence-electron chi connectivity index (χ0n) is 22.4. The van der Waals surface area contributed by atoms with E-state index in [1.165, 1.54) is 54.9 Å². The SMILES string of the molecule is COCC(CCO)Nc1n[nH]c2nccc(Oc3ccc(CC(=O)c4ccnn(-c5ccc(F)cc5)c4=O)cc3F)c12. The van der Waals surface area contributed by atoms with Crippen molar-refractivity contribution in [2.45, 2.75) is 18.9 Å². The van der Waals surface area contributed by atoms with Crippen molar-refractivity contribution < 1.29 is 28.2 Å². The van der Waals surface area contributed by atoms with Crippen LogP contribution in [0.1, 0.15) is 22.3 Å². The van der Waals surface area contributed by atoms with Gasteiger partial charge in [-0.1, -0.05) is 6.07 Å². The topological polar surface area (TPSA) is 144 Å². The largest absolute Gasteiger partial charge is 0.453 e. The summed E-state index contributed by atoms with van der Waals surface area (Å²) in [6.07, 6.45) is 2.94. The quantitative estimate of drug-likeness (QED) is 0.189. The van der Waals surface area contributed by atoms with E-state index in [1.54, 1.807) is 13.2 Å². The van der Waals surface area contributed by atoms with Crippen LogP contribution in [0.3, 0.4) is 0 Å². The van der Waals surface area contributed by atoms with Crippen LogP contribution in [-0.2, 0) is 11.2 Å². The number of carbonyl (C=O) groups is 1. The predicted molar refractivity (Wildman–Crippen MR) is 149 cm³/mol. The molecule has 5 rings (SSSR count). The molecule has 0 saturated carbocycles. The molecule has 0 aliphatic carbocycles. The highest BCUT2D eigenvalue weighted by molar-refractivity contribution is 5.97. The van der Waals surface area contributed by atoms with Crippen LogP contribution < -0.4 is 15.6 Å². The van der Waals surface area contributed by atoms with Crippen LogP contribution in [-0.4, -0.2) is 62.2 Å². The van der Waals surface area contributed by atoms with Crippen molar-refractivity contribution in [1.29, 1.82) is 0 Å². The van der Waals surface area contributed by atoms with E-state index in [9.17, 15) is 19.1 Å². The van der Waals surface area contributed by atoms with Crippen LogP contribution in [0.2, 0.25) is 0 Å². The fourth-order valence-electron chi connectivity index (χ4n) is 4.39. The van der Waals surface area contributed by atoms with E-state index in [-0.39, 0.29) is 36.1 Å². The fourth-order valence-corrected chi connectivity index (χ4v) is 4.39. The van der Waals surface area contributed by atoms with Gasteiger partial charge < -0.3 is 19.9 Å². The first-order chi connectivity index (χ1) is 20.4. The number of nitrogens with zero attached hydrogens (tertiary/aromatic N) is 4. The van der Waals surface area contributed by atoms with Crippen molar-refractivity contribution in [3.63, 3.8) is 0 Å². The lowest BCUT2D eigenvalue weighted by molar-refractivity contribution is 0.0991. The van der Waals surface area contributed by atoms with Gasteiger partial charge in [0.15, 0.2) is 28.8 Å². The number of aliphatic hydroxyl groups excluding tert-OH is 1. The van der Waals surface area contributed by atoms with Crippen molar-refractivity contribution >= 4 is 22.6 Å². The van der Waals surface area contributed by atoms with E-state index in [1.807, 2.05) is 0 Å². The maximum Gasteiger partial charge on any atom is 0.282 e. The number of pyridine rings is 1. The van der Waals surface area contributed by atoms with Crippen LogP contribution in [0.15, 0.2) is 71.8 Å². The van der Waals surface area contributed by atoms with Gasteiger partial charge in [0.1, 0.15) is 17.0 Å². The normalized spacial score (nSPS) is 11.9. The predicted octanol–water partition coefficient (Wildman–Crippen LogP) is 3.81. The number of ether oxygens (including phenoxy) is 2. The molecule has 3 heterocycles. The molecule has 0 spiro atoms. The molecule has 2 aromatic carbocycles. The van der Waals surface area contributed by atoms with Crippen LogP contribution in [0.25, 0.3) is 16.7 Å². The zero-order valence-corrected chi connectivity index (χ0v) is 22.4. The van der Waals surface area contributed by atoms with Crippen LogP contribution in [0, 0.1) is 11.6 Å². The summed E-state index contributed by atoms with van der Waals surface area (Å²) in [4.78, 5) is 30.1. The summed E-state index contributed by atoms with van der Waals surface area (Å²) < 4.78 is 40.6. The number of benzene rings is 2. The molecule has 11 nitrogen and oxygen atoms in total. The summed E-state index contributed by atoms with van der Waals surface area (Å²) in [5.41, 5.74) is 0.217. The molecule has 0 amide bonds. The summed E-state index contributed by atoms with van der Waals surface area (Å²) >= 11 is 0. The molecule has 0 aliphatic rings. The Kier molecular flexibility index (Phi) is 8.60. The third-order valence-corrected chi connectivity index (χ3v) is 6.41. The van der Waals surface area contributed by atoms with Crippen LogP contribution in [0.5, 0.6) is 11.5 Å². The number of rotatable bonds is 12. The van der Waals surface area contributed by atoms with E-state index >= 15 is 4.39 Å². The number of halogens is 2. The van der Waals surface area contributed by atoms with Crippen LogP contribution >= 0.6 is 0 Å². The first kappa shape index (κ1) is 28.5. The first-order valence-corrected chi connectivity index (χ1v) is 12.9. The highest BCUT2D eigenvalue weighted by Gasteiger charge is 2.19. The minimum atomic E-state index is -0.723. The summed E-state index contributed by atoms with van der Waals surface area (Å²) in [5, 5.41) is 24.0. The minimum absolute atomic E-state index is 0.0589. The second kappa shape index (κ2) is 12.7. The lowest BCUT2D eigenvalue weighted by Crippen LogP contribution is -2.27. The number of Topliss-reactive ketones (excluding diaryl/α,β-unsaturated/α-hetero) is 1. The number of aromatic nitrogens is 5. The Hall–Kier alpha value is -5.01. The number of carbonyl (C=O) groups excluding carboxylic acids is 1. The van der Waals surface area contributed by atoms with Gasteiger partial charge in [0.05, 0.1) is 23.9 Å². The molecule has 0 fully saturated rings. The van der Waals surface area contributed by atoms with Gasteiger partial charge in [0.25, 0.3) is 5.56 Å². The smallest absolute Gasteiger partial charge is 0.282 e. The first-order valence-electron chi connectivity index (χ1n) is 12.9. The maximum absolute atomic E-state index is 15.2. The number of nitrogens with one attached hydrogen (secondary N) is 2. The highest BCUT2D eigenvalue weighted by Crippen LogP contribution is 2.34. The zero-order chi connectivity index (χ0) is 29.6. The average Bonchev–Trinajstić information content (AvgIpc) is 3.39. The van der Waals surface area contributed by atoms with Gasteiger partial charge in [-0.05, 0) is 54.4 Å². The number of fused-ring (bicyclic) bond motifs is 1. The summed E-state index contributed by atoms with van der Waals surface area (Å²) in [7, 11) is 1.55. The van der Waals surface area contributed by atoms with E-state index in [4.69, 9.17) is 9.47 Å². The monoisotopic (exact) mass is 576 g/mol. The fraction of sp³-hybridized carbons (Fsp3) is 0.207. The lowest BCUT2D eigenvalue weighted by Gasteiger charge is -2.17. The molecule has 42 heavy (non-hydrogen) atoms. The number of ketones is 1. The molecular formula is C29H26F2N6O5. The number of hydrogen-bond acceptors (Lipinski definition) is 9. The number of hydrogen-bond donors (Lipinski definition) is 3. The van der Waals surface area contributed by atoms with Crippen molar-refractivity contribution in [3.05, 3.63) is 100 Å². The molecule has 0 radical (unpaired) electrons. The highest BCUT2D eigenvalue weighted by atomic mass is 19.1. The second-order valence-electron chi connectivity index (χ2n) is 9.32. The van der Waals surface area contributed by atoms with Gasteiger partial charge >= 0.3 is 0 Å². The molecule has 0 bridgehead atoms. The van der Waals surface area contributed by atoms with Gasteiger partial charge in [-0.3, -0.25) is 14.7 Å². The van der Waals surface area contributed by atoms with Gasteiger partial charge in [0, 0.05) is 38.6 Å². The molecule has 216 valence electrons. The van der Waals surface area contributed by atoms with Gasteiger partial charge in [-0.25, -0.2) is 13.8 Å². The van der Waals surface area contributed by atoms with Crippen molar-refractivity contribution in [1.82, 2.24) is 25.0 Å². The number of H-pyrrole nitrogens is 1. The Morgan fingerprint density at radius 3 is 2.64 bits per heavy atom. The van der Waals surface area contributed by atoms with Gasteiger partial charge in [0.2, 0.25) is 0 Å². The van der Waals surface area contributed by atoms with E-state index in [0.29, 0.717) is 41.1 Å². The second-order valence-corrected chi connectivity index (χ2v) is 9.32. The summed E-state index contributed by atoms with van der Waals surface area (Å²) in [6, 6.07) is 11.8. The lowest BCUT2D eigenvalue weighted by atomic mass is 10.0. The maximum atomic E-state index is 15.2. The van der Waals surface area contributed by atoms with E-state index in [2.05, 4.69) is 25.6 Å². The van der Waals surface area contributed by atoms with Crippen molar-refractivity contribution in [2.24, 2.45) is 0 Å². The third kappa shape index (κ3) is 6.16. The summed E-state index contributed by atoms with van der Waals surface area (Å²) in [5.74, 6) is -1.16. The standard InChI is InChI=1S/C29H26F2N6O5/c1-41-16-19(10-13-38)34-28-26-25(9-11-32-27(26)35-36-28)42-24-7-2-17(14-22(24)31)15-23(39)21-8-12-33-37(29(21)40)20-5-3-18(30)4-6-20/h2-9,11-12,14,19,38H,10,13,15-16H2,1H3,(H2,32,34,35,36). The van der Waals surface area contributed by atoms with Crippen molar-refractivity contribution in [3.8, 4) is 17.2 Å². The van der Waals surface area contributed by atoms with Crippen molar-refractivity contribution in [2.75, 3.05) is 25.6 Å². The molecular weight excluding hydrogens is 550 g/mol. The Labute approximate surface area is 237 Å².